The molecule has 0 aromatic heterocycles. The van der Waals surface area contributed by atoms with E-state index in [1.54, 1.807) is 17.0 Å². The standard InChI is InChI=1S/C15H18FNO/c16-13-3-1-2-12(9-13)15(18)10-14-8-11-4-6-17(14)7-5-11/h1-3,9,11,14H,4-8,10H2/p+1. The van der Waals surface area contributed by atoms with E-state index in [0.717, 1.165) is 5.92 Å². The Labute approximate surface area is 107 Å². The van der Waals surface area contributed by atoms with Gasteiger partial charge in [0.2, 0.25) is 0 Å². The molecule has 1 atom stereocenters. The molecule has 1 N–H and O–H groups in total. The minimum Gasteiger partial charge on any atom is -0.332 e. The Kier molecular flexibility index (Phi) is 3.16. The van der Waals surface area contributed by atoms with Gasteiger partial charge in [-0.1, -0.05) is 12.1 Å². The number of piperidine rings is 3. The summed E-state index contributed by atoms with van der Waals surface area (Å²) in [5.74, 6) is 0.603. The summed E-state index contributed by atoms with van der Waals surface area (Å²) < 4.78 is 13.1. The maximum atomic E-state index is 13.1. The second-order valence-corrected chi connectivity index (χ2v) is 5.67. The number of hydrogen-bond acceptors (Lipinski definition) is 1. The van der Waals surface area contributed by atoms with E-state index in [-0.39, 0.29) is 11.6 Å². The summed E-state index contributed by atoms with van der Waals surface area (Å²) >= 11 is 0. The number of carbonyl (C=O) groups excluding carboxylic acids is 1. The van der Waals surface area contributed by atoms with Crippen LogP contribution in [0.4, 0.5) is 4.39 Å². The molecule has 18 heavy (non-hydrogen) atoms. The van der Waals surface area contributed by atoms with Gasteiger partial charge in [-0.15, -0.1) is 0 Å². The number of Topliss-reactive ketones (excluding diaryl/α,β-unsaturated/α-hetero) is 1. The van der Waals surface area contributed by atoms with Gasteiger partial charge in [-0.2, -0.15) is 0 Å². The molecule has 0 saturated carbocycles. The molecule has 3 aliphatic heterocycles. The zero-order valence-corrected chi connectivity index (χ0v) is 10.5. The van der Waals surface area contributed by atoms with Crippen molar-refractivity contribution in [1.29, 1.82) is 0 Å². The fourth-order valence-corrected chi connectivity index (χ4v) is 3.49. The monoisotopic (exact) mass is 248 g/mol. The molecule has 96 valence electrons. The predicted octanol–water partition coefficient (Wildman–Crippen LogP) is 1.47. The van der Waals surface area contributed by atoms with Crippen molar-refractivity contribution in [1.82, 2.24) is 0 Å². The molecule has 4 rings (SSSR count). The van der Waals surface area contributed by atoms with Gasteiger partial charge in [-0.25, -0.2) is 4.39 Å². The fourth-order valence-electron chi connectivity index (χ4n) is 3.49. The molecule has 3 fully saturated rings. The molecule has 0 spiro atoms. The van der Waals surface area contributed by atoms with Crippen molar-refractivity contribution in [2.45, 2.75) is 31.7 Å². The maximum absolute atomic E-state index is 13.1. The lowest BCUT2D eigenvalue weighted by Gasteiger charge is -2.42. The Bertz CT molecular complexity index is 452. The van der Waals surface area contributed by atoms with Gasteiger partial charge in [0, 0.05) is 12.0 Å². The SMILES string of the molecule is O=C(CC1CC2CC[NH+]1CC2)c1cccc(F)c1. The van der Waals surface area contributed by atoms with E-state index in [2.05, 4.69) is 0 Å². The minimum atomic E-state index is -0.321. The average Bonchev–Trinajstić information content (AvgIpc) is 2.40. The van der Waals surface area contributed by atoms with E-state index in [1.165, 1.54) is 44.5 Å². The van der Waals surface area contributed by atoms with Crippen LogP contribution in [0.2, 0.25) is 0 Å². The van der Waals surface area contributed by atoms with Gasteiger partial charge in [0.1, 0.15) is 5.82 Å². The van der Waals surface area contributed by atoms with E-state index in [4.69, 9.17) is 0 Å². The van der Waals surface area contributed by atoms with Crippen LogP contribution in [-0.4, -0.2) is 24.9 Å². The van der Waals surface area contributed by atoms with Crippen molar-refractivity contribution in [3.8, 4) is 0 Å². The predicted molar refractivity (Wildman–Crippen MR) is 67.2 cm³/mol. The molecular formula is C15H19FNO+. The number of nitrogens with one attached hydrogen (secondary N) is 1. The molecule has 3 heterocycles. The quantitative estimate of drug-likeness (QED) is 0.804. The first-order valence-electron chi connectivity index (χ1n) is 6.86. The van der Waals surface area contributed by atoms with Gasteiger partial charge in [0.05, 0.1) is 25.6 Å². The molecule has 1 unspecified atom stereocenters. The Hall–Kier alpha value is -1.22. The molecule has 1 aromatic carbocycles. The highest BCUT2D eigenvalue weighted by Gasteiger charge is 2.38. The lowest BCUT2D eigenvalue weighted by Crippen LogP contribution is -3.18. The van der Waals surface area contributed by atoms with Crippen molar-refractivity contribution < 1.29 is 14.1 Å². The third kappa shape index (κ3) is 2.32. The zero-order valence-electron chi connectivity index (χ0n) is 10.5. The van der Waals surface area contributed by atoms with E-state index < -0.39 is 0 Å². The summed E-state index contributed by atoms with van der Waals surface area (Å²) in [5.41, 5.74) is 0.525. The highest BCUT2D eigenvalue weighted by molar-refractivity contribution is 5.96. The molecule has 2 bridgehead atoms. The molecule has 0 amide bonds. The third-order valence-electron chi connectivity index (χ3n) is 4.52. The largest absolute Gasteiger partial charge is 0.332 e. The lowest BCUT2D eigenvalue weighted by molar-refractivity contribution is -0.941. The number of hydrogen-bond donors (Lipinski definition) is 1. The normalized spacial score (nSPS) is 30.4. The van der Waals surface area contributed by atoms with Crippen molar-refractivity contribution in [2.75, 3.05) is 13.1 Å². The first kappa shape index (κ1) is 11.8. The van der Waals surface area contributed by atoms with Crippen LogP contribution in [0, 0.1) is 11.7 Å². The number of fused-ring (bicyclic) bond motifs is 3. The van der Waals surface area contributed by atoms with Gasteiger partial charge in [-0.3, -0.25) is 4.79 Å². The molecule has 3 saturated heterocycles. The van der Waals surface area contributed by atoms with Gasteiger partial charge in [0.25, 0.3) is 0 Å². The highest BCUT2D eigenvalue weighted by Crippen LogP contribution is 2.23. The first-order valence-corrected chi connectivity index (χ1v) is 6.86. The lowest BCUT2D eigenvalue weighted by atomic mass is 9.81. The Balaban J connectivity index is 1.68. The van der Waals surface area contributed by atoms with Crippen LogP contribution in [0.25, 0.3) is 0 Å². The van der Waals surface area contributed by atoms with Gasteiger partial charge >= 0.3 is 0 Å². The van der Waals surface area contributed by atoms with Gasteiger partial charge < -0.3 is 4.90 Å². The number of halogens is 1. The maximum Gasteiger partial charge on any atom is 0.168 e. The molecule has 2 nitrogen and oxygen atoms in total. The van der Waals surface area contributed by atoms with Crippen LogP contribution in [0.5, 0.6) is 0 Å². The van der Waals surface area contributed by atoms with Crippen LogP contribution >= 0.6 is 0 Å². The highest BCUT2D eigenvalue weighted by atomic mass is 19.1. The first-order chi connectivity index (χ1) is 8.72. The summed E-state index contributed by atoms with van der Waals surface area (Å²) in [7, 11) is 0. The Morgan fingerprint density at radius 1 is 1.33 bits per heavy atom. The van der Waals surface area contributed by atoms with E-state index in [0.29, 0.717) is 18.0 Å². The van der Waals surface area contributed by atoms with Crippen LogP contribution in [0.3, 0.4) is 0 Å². The summed E-state index contributed by atoms with van der Waals surface area (Å²) in [4.78, 5) is 13.7. The molecule has 3 aliphatic rings. The summed E-state index contributed by atoms with van der Waals surface area (Å²) in [6.45, 7) is 2.43. The van der Waals surface area contributed by atoms with Crippen LogP contribution in [-0.2, 0) is 0 Å². The van der Waals surface area contributed by atoms with E-state index in [1.807, 2.05) is 0 Å². The van der Waals surface area contributed by atoms with Crippen LogP contribution < -0.4 is 4.90 Å². The van der Waals surface area contributed by atoms with Crippen molar-refractivity contribution in [3.63, 3.8) is 0 Å². The van der Waals surface area contributed by atoms with Gasteiger partial charge in [-0.05, 0) is 30.9 Å². The molecule has 1 aromatic rings. The average molecular weight is 248 g/mol. The zero-order chi connectivity index (χ0) is 12.5. The second-order valence-electron chi connectivity index (χ2n) is 5.67. The Morgan fingerprint density at radius 3 is 2.72 bits per heavy atom. The van der Waals surface area contributed by atoms with Gasteiger partial charge in [0.15, 0.2) is 5.78 Å². The molecule has 3 heteroatoms. The topological polar surface area (TPSA) is 21.5 Å². The number of rotatable bonds is 3. The van der Waals surface area contributed by atoms with Crippen LogP contribution in [0.15, 0.2) is 24.3 Å². The summed E-state index contributed by atoms with van der Waals surface area (Å²) in [6, 6.07) is 6.54. The second kappa shape index (κ2) is 4.81. The van der Waals surface area contributed by atoms with E-state index >= 15 is 0 Å². The fraction of sp³-hybridized carbons (Fsp3) is 0.533. The number of ketones is 1. The summed E-state index contributed by atoms with van der Waals surface area (Å²) in [5, 5.41) is 0. The number of carbonyl (C=O) groups is 1. The number of benzene rings is 1. The smallest absolute Gasteiger partial charge is 0.168 e. The van der Waals surface area contributed by atoms with Crippen molar-refractivity contribution >= 4 is 5.78 Å². The summed E-state index contributed by atoms with van der Waals surface area (Å²) in [6.07, 6.45) is 4.39. The number of quaternary nitrogens is 1. The molecular weight excluding hydrogens is 229 g/mol. The molecule has 0 aliphatic carbocycles. The third-order valence-corrected chi connectivity index (χ3v) is 4.52. The minimum absolute atomic E-state index is 0.0968. The van der Waals surface area contributed by atoms with Crippen molar-refractivity contribution in [2.24, 2.45) is 5.92 Å². The Morgan fingerprint density at radius 2 is 2.11 bits per heavy atom. The van der Waals surface area contributed by atoms with Crippen LogP contribution in [0.1, 0.15) is 36.0 Å². The van der Waals surface area contributed by atoms with E-state index in [9.17, 15) is 9.18 Å². The van der Waals surface area contributed by atoms with Crippen molar-refractivity contribution in [3.05, 3.63) is 35.6 Å². The molecule has 0 radical (unpaired) electrons.